The van der Waals surface area contributed by atoms with Crippen molar-refractivity contribution in [3.05, 3.63) is 86.3 Å². The fourth-order valence-electron chi connectivity index (χ4n) is 3.03. The number of anilines is 1. The zero-order valence-corrected chi connectivity index (χ0v) is 22.4. The molecule has 3 rings (SSSR count). The highest BCUT2D eigenvalue weighted by molar-refractivity contribution is 9.10. The second-order valence-electron chi connectivity index (χ2n) is 7.55. The number of rotatable bonds is 9. The molecule has 0 aromatic heterocycles. The number of carbonyl (C=O) groups is 2. The van der Waals surface area contributed by atoms with Gasteiger partial charge in [-0.25, -0.2) is 5.43 Å². The Kier molecular flexibility index (Phi) is 9.70. The smallest absolute Gasteiger partial charge is 0.416 e. The van der Waals surface area contributed by atoms with E-state index in [-0.39, 0.29) is 5.69 Å². The van der Waals surface area contributed by atoms with Crippen molar-refractivity contribution >= 4 is 55.6 Å². The molecule has 3 aromatic carbocycles. The predicted octanol–water partition coefficient (Wildman–Crippen LogP) is 6.30. The van der Waals surface area contributed by atoms with Gasteiger partial charge in [-0.1, -0.05) is 34.1 Å². The van der Waals surface area contributed by atoms with Crippen LogP contribution in [0.25, 0.3) is 0 Å². The molecule has 0 saturated heterocycles. The number of carbonyl (C=O) groups excluding carboxylic acids is 2. The van der Waals surface area contributed by atoms with Crippen LogP contribution in [-0.4, -0.2) is 25.1 Å². The minimum absolute atomic E-state index is 0.0736. The van der Waals surface area contributed by atoms with Crippen molar-refractivity contribution in [1.29, 1.82) is 0 Å². The summed E-state index contributed by atoms with van der Waals surface area (Å²) in [6, 6.07) is 15.1. The molecule has 0 spiro atoms. The summed E-state index contributed by atoms with van der Waals surface area (Å²) >= 11 is 6.83. The summed E-state index contributed by atoms with van der Waals surface area (Å²) in [6.45, 7) is 0.314. The molecule has 0 radical (unpaired) electrons. The van der Waals surface area contributed by atoms with Gasteiger partial charge in [0.25, 0.3) is 0 Å². The molecule has 0 bridgehead atoms. The second kappa shape index (κ2) is 12.7. The SMILES string of the molecule is COc1cc(C=NNC(=O)CC(=O)Nc2cccc(C(F)(F)F)c2)cc(Br)c1OCc1ccc(Br)cc1. The summed E-state index contributed by atoms with van der Waals surface area (Å²) in [4.78, 5) is 24.0. The van der Waals surface area contributed by atoms with Crippen LogP contribution in [0.15, 0.2) is 74.7 Å². The molecule has 7 nitrogen and oxygen atoms in total. The number of ether oxygens (including phenoxy) is 2. The molecule has 0 aliphatic heterocycles. The van der Waals surface area contributed by atoms with Crippen LogP contribution < -0.4 is 20.2 Å². The van der Waals surface area contributed by atoms with Gasteiger partial charge < -0.3 is 14.8 Å². The highest BCUT2D eigenvalue weighted by Gasteiger charge is 2.30. The van der Waals surface area contributed by atoms with Crippen molar-refractivity contribution in [3.8, 4) is 11.5 Å². The number of nitrogens with one attached hydrogen (secondary N) is 2. The summed E-state index contributed by atoms with van der Waals surface area (Å²) in [7, 11) is 1.49. The molecular formula is C25H20Br2F3N3O4. The van der Waals surface area contributed by atoms with E-state index < -0.39 is 30.0 Å². The third kappa shape index (κ3) is 8.60. The minimum Gasteiger partial charge on any atom is -0.493 e. The van der Waals surface area contributed by atoms with E-state index in [0.29, 0.717) is 28.1 Å². The van der Waals surface area contributed by atoms with Crippen LogP contribution in [0, 0.1) is 0 Å². The zero-order chi connectivity index (χ0) is 27.0. The number of methoxy groups -OCH3 is 1. The van der Waals surface area contributed by atoms with Crippen LogP contribution in [0.5, 0.6) is 11.5 Å². The van der Waals surface area contributed by atoms with Gasteiger partial charge in [0.15, 0.2) is 11.5 Å². The highest BCUT2D eigenvalue weighted by Crippen LogP contribution is 2.37. The Labute approximate surface area is 227 Å². The first-order chi connectivity index (χ1) is 17.5. The Bertz CT molecular complexity index is 1300. The lowest BCUT2D eigenvalue weighted by Crippen LogP contribution is -2.24. The molecule has 37 heavy (non-hydrogen) atoms. The summed E-state index contributed by atoms with van der Waals surface area (Å²) < 4.78 is 51.2. The molecule has 3 aromatic rings. The molecule has 0 aliphatic rings. The van der Waals surface area contributed by atoms with Gasteiger partial charge in [-0.3, -0.25) is 9.59 Å². The summed E-state index contributed by atoms with van der Waals surface area (Å²) in [5.74, 6) is -0.623. The average molecular weight is 643 g/mol. The first kappa shape index (κ1) is 28.2. The minimum atomic E-state index is -4.55. The summed E-state index contributed by atoms with van der Waals surface area (Å²) in [5, 5.41) is 6.08. The first-order valence-electron chi connectivity index (χ1n) is 10.6. The largest absolute Gasteiger partial charge is 0.493 e. The monoisotopic (exact) mass is 641 g/mol. The van der Waals surface area contributed by atoms with Crippen LogP contribution in [0.1, 0.15) is 23.1 Å². The topological polar surface area (TPSA) is 89.0 Å². The Balaban J connectivity index is 1.56. The lowest BCUT2D eigenvalue weighted by atomic mass is 10.2. The number of hydrogen-bond acceptors (Lipinski definition) is 5. The van der Waals surface area contributed by atoms with E-state index in [1.54, 1.807) is 12.1 Å². The van der Waals surface area contributed by atoms with Gasteiger partial charge in [-0.05, 0) is 69.5 Å². The van der Waals surface area contributed by atoms with E-state index in [4.69, 9.17) is 9.47 Å². The number of alkyl halides is 3. The van der Waals surface area contributed by atoms with E-state index in [0.717, 1.165) is 28.2 Å². The first-order valence-corrected chi connectivity index (χ1v) is 12.2. The van der Waals surface area contributed by atoms with Crippen molar-refractivity contribution in [1.82, 2.24) is 5.43 Å². The molecule has 12 heteroatoms. The van der Waals surface area contributed by atoms with Gasteiger partial charge in [0.1, 0.15) is 13.0 Å². The van der Waals surface area contributed by atoms with Crippen LogP contribution in [0.4, 0.5) is 18.9 Å². The number of hydrogen-bond donors (Lipinski definition) is 2. The second-order valence-corrected chi connectivity index (χ2v) is 9.32. The molecular weight excluding hydrogens is 623 g/mol. The Morgan fingerprint density at radius 3 is 2.43 bits per heavy atom. The fraction of sp³-hybridized carbons (Fsp3) is 0.160. The zero-order valence-electron chi connectivity index (χ0n) is 19.2. The highest BCUT2D eigenvalue weighted by atomic mass is 79.9. The van der Waals surface area contributed by atoms with E-state index in [1.807, 2.05) is 24.3 Å². The van der Waals surface area contributed by atoms with E-state index >= 15 is 0 Å². The summed E-state index contributed by atoms with van der Waals surface area (Å²) in [5.41, 5.74) is 2.74. The van der Waals surface area contributed by atoms with Gasteiger partial charge in [-0.15, -0.1) is 0 Å². The van der Waals surface area contributed by atoms with E-state index in [9.17, 15) is 22.8 Å². The molecule has 2 N–H and O–H groups in total. The number of benzene rings is 3. The van der Waals surface area contributed by atoms with Gasteiger partial charge in [-0.2, -0.15) is 18.3 Å². The van der Waals surface area contributed by atoms with Crippen molar-refractivity contribution in [3.63, 3.8) is 0 Å². The maximum Gasteiger partial charge on any atom is 0.416 e. The Morgan fingerprint density at radius 2 is 1.76 bits per heavy atom. The van der Waals surface area contributed by atoms with Crippen molar-refractivity contribution < 1.29 is 32.2 Å². The Morgan fingerprint density at radius 1 is 1.03 bits per heavy atom. The third-order valence-electron chi connectivity index (χ3n) is 4.75. The summed E-state index contributed by atoms with van der Waals surface area (Å²) in [6.07, 6.45) is -3.84. The average Bonchev–Trinajstić information content (AvgIpc) is 2.83. The van der Waals surface area contributed by atoms with Crippen LogP contribution in [0.3, 0.4) is 0 Å². The number of hydrazone groups is 1. The van der Waals surface area contributed by atoms with Crippen LogP contribution in [0.2, 0.25) is 0 Å². The van der Waals surface area contributed by atoms with Crippen molar-refractivity contribution in [2.45, 2.75) is 19.2 Å². The van der Waals surface area contributed by atoms with Gasteiger partial charge in [0.2, 0.25) is 11.8 Å². The van der Waals surface area contributed by atoms with Gasteiger partial charge >= 0.3 is 6.18 Å². The van der Waals surface area contributed by atoms with E-state index in [2.05, 4.69) is 47.7 Å². The van der Waals surface area contributed by atoms with Gasteiger partial charge in [0.05, 0.1) is 23.4 Å². The molecule has 0 aliphatic carbocycles. The number of amides is 2. The van der Waals surface area contributed by atoms with Crippen molar-refractivity contribution in [2.24, 2.45) is 5.10 Å². The molecule has 0 saturated carbocycles. The maximum absolute atomic E-state index is 12.8. The van der Waals surface area contributed by atoms with E-state index in [1.165, 1.54) is 19.4 Å². The third-order valence-corrected chi connectivity index (χ3v) is 5.86. The quantitative estimate of drug-likeness (QED) is 0.163. The Hall–Kier alpha value is -3.38. The maximum atomic E-state index is 12.8. The molecule has 0 fully saturated rings. The molecule has 194 valence electrons. The lowest BCUT2D eigenvalue weighted by molar-refractivity contribution is -0.137. The van der Waals surface area contributed by atoms with Crippen LogP contribution in [-0.2, 0) is 22.4 Å². The van der Waals surface area contributed by atoms with Crippen molar-refractivity contribution in [2.75, 3.05) is 12.4 Å². The number of halogens is 5. The molecule has 0 unspecified atom stereocenters. The molecule has 2 amide bonds. The molecule has 0 heterocycles. The normalized spacial score (nSPS) is 11.3. The van der Waals surface area contributed by atoms with Crippen LogP contribution >= 0.6 is 31.9 Å². The predicted molar refractivity (Wildman–Crippen MR) is 140 cm³/mol. The van der Waals surface area contributed by atoms with Gasteiger partial charge in [0, 0.05) is 10.2 Å². The fourth-order valence-corrected chi connectivity index (χ4v) is 3.87. The standard InChI is InChI=1S/C25H20Br2F3N3O4/c1-36-21-10-16(9-20(27)24(21)37-14-15-5-7-18(26)8-6-15)13-31-33-23(35)12-22(34)32-19-4-2-3-17(11-19)25(28,29)30/h2-11,13H,12,14H2,1H3,(H,32,34)(H,33,35). The lowest BCUT2D eigenvalue weighted by Gasteiger charge is -2.13. The molecule has 0 atom stereocenters. The number of nitrogens with zero attached hydrogens (tertiary/aromatic N) is 1.